The van der Waals surface area contributed by atoms with Crippen LogP contribution in [0.2, 0.25) is 13.1 Å². The van der Waals surface area contributed by atoms with Gasteiger partial charge in [0.05, 0.1) is 0 Å². The van der Waals surface area contributed by atoms with Crippen molar-refractivity contribution in [3.05, 3.63) is 54.0 Å². The molecule has 0 aromatic carbocycles. The van der Waals surface area contributed by atoms with Crippen molar-refractivity contribution in [2.24, 2.45) is 29.6 Å². The van der Waals surface area contributed by atoms with Gasteiger partial charge in [0, 0.05) is 0 Å². The summed E-state index contributed by atoms with van der Waals surface area (Å²) in [6, 6.07) is 0. The van der Waals surface area contributed by atoms with Crippen molar-refractivity contribution in [1.29, 1.82) is 0 Å². The van der Waals surface area contributed by atoms with Crippen molar-refractivity contribution in [2.45, 2.75) is 52.1 Å². The van der Waals surface area contributed by atoms with Gasteiger partial charge in [0.15, 0.2) is 0 Å². The number of halogens is 2. The van der Waals surface area contributed by atoms with Crippen molar-refractivity contribution in [3.8, 4) is 0 Å². The normalized spacial score (nSPS) is 33.5. The first-order valence-electron chi connectivity index (χ1n) is 9.72. The van der Waals surface area contributed by atoms with Gasteiger partial charge in [0.25, 0.3) is 0 Å². The molecule has 26 heavy (non-hydrogen) atoms. The molecule has 0 aliphatic heterocycles. The second-order valence-electron chi connectivity index (χ2n) is 7.91. The fraction of sp³-hybridized carbons (Fsp3) is 0.591. The van der Waals surface area contributed by atoms with Crippen molar-refractivity contribution >= 4 is 5.43 Å². The fourth-order valence-electron chi connectivity index (χ4n) is 5.21. The number of rotatable bonds is 2. The summed E-state index contributed by atoms with van der Waals surface area (Å²) in [7, 11) is 0. The van der Waals surface area contributed by atoms with Crippen LogP contribution in [0.3, 0.4) is 0 Å². The topological polar surface area (TPSA) is 0 Å². The smallest absolute Gasteiger partial charge is 1.00 e. The zero-order valence-corrected chi connectivity index (χ0v) is 21.2. The van der Waals surface area contributed by atoms with Crippen molar-refractivity contribution in [1.82, 2.24) is 0 Å². The summed E-state index contributed by atoms with van der Waals surface area (Å²) in [6.07, 6.45) is 23.7. The van der Waals surface area contributed by atoms with Gasteiger partial charge in [-0.25, -0.2) is 0 Å². The second-order valence-corrected chi connectivity index (χ2v) is 17.3. The molecule has 0 heterocycles. The Morgan fingerprint density at radius 1 is 1.15 bits per heavy atom. The van der Waals surface area contributed by atoms with Gasteiger partial charge < -0.3 is 31.2 Å². The first-order valence-corrected chi connectivity index (χ1v) is 15.9. The molecule has 4 aliphatic carbocycles. The standard InChI is InChI=1S/C20H25.C2H6Si.2ClH.Zr/c1-2-14-8-5-10-16(14)18-11-6-12-19-17-9-4-3-7-15(17)13-20(18)19;1-3-2;;;/h3-5,7-9,13,15,17-20H,2,6,10-12H2,1H3;1-2H3;2*1H;/q-1;;;;+2/p-2. The van der Waals surface area contributed by atoms with E-state index in [1.54, 1.807) is 34.5 Å². The van der Waals surface area contributed by atoms with E-state index in [1.165, 1.54) is 32.1 Å². The van der Waals surface area contributed by atoms with E-state index in [1.807, 2.05) is 0 Å². The summed E-state index contributed by atoms with van der Waals surface area (Å²) < 4.78 is 0. The van der Waals surface area contributed by atoms with E-state index in [9.17, 15) is 0 Å². The molecule has 5 atom stereocenters. The fourth-order valence-corrected chi connectivity index (χ4v) is 5.21. The zero-order valence-electron chi connectivity index (χ0n) is 16.2. The van der Waals surface area contributed by atoms with E-state index in [2.05, 4.69) is 62.9 Å². The molecular weight excluding hydrogens is 454 g/mol. The molecule has 0 radical (unpaired) electrons. The minimum atomic E-state index is 0. The summed E-state index contributed by atoms with van der Waals surface area (Å²) in [5, 5.41) is 0. The molecule has 5 unspecified atom stereocenters. The maximum absolute atomic E-state index is 2.71. The van der Waals surface area contributed by atoms with Gasteiger partial charge in [0.2, 0.25) is 0 Å². The number of hydrogen-bond acceptors (Lipinski definition) is 0. The van der Waals surface area contributed by atoms with Crippen LogP contribution in [0.5, 0.6) is 0 Å². The Hall–Kier alpha value is 0.640. The largest absolute Gasteiger partial charge is 1.00 e. The van der Waals surface area contributed by atoms with Gasteiger partial charge in [-0.3, -0.25) is 0 Å². The van der Waals surface area contributed by atoms with E-state index in [-0.39, 0.29) is 30.2 Å². The zero-order chi connectivity index (χ0) is 17.1. The predicted molar refractivity (Wildman–Crippen MR) is 102 cm³/mol. The van der Waals surface area contributed by atoms with Crippen LogP contribution in [0.15, 0.2) is 47.6 Å². The molecule has 2 saturated carbocycles. The predicted octanol–water partition coefficient (Wildman–Crippen LogP) is 0.0540. The molecule has 0 aromatic rings. The maximum atomic E-state index is 2.71. The van der Waals surface area contributed by atoms with E-state index in [0.29, 0.717) is 0 Å². The van der Waals surface area contributed by atoms with Crippen molar-refractivity contribution < 1.29 is 48.1 Å². The molecule has 0 aromatic heterocycles. The van der Waals surface area contributed by atoms with Crippen LogP contribution in [0.1, 0.15) is 39.0 Å². The summed E-state index contributed by atoms with van der Waals surface area (Å²) in [4.78, 5) is 0. The Labute approximate surface area is 188 Å². The quantitative estimate of drug-likeness (QED) is 0.383. The third kappa shape index (κ3) is 5.59. The van der Waals surface area contributed by atoms with Gasteiger partial charge >= 0.3 is 41.9 Å². The second kappa shape index (κ2) is 11.6. The molecule has 4 aliphatic rings. The van der Waals surface area contributed by atoms with Gasteiger partial charge in [-0.15, -0.1) is 12.0 Å². The molecule has 0 bridgehead atoms. The van der Waals surface area contributed by atoms with E-state index in [0.717, 1.165) is 29.6 Å². The van der Waals surface area contributed by atoms with Crippen molar-refractivity contribution in [3.63, 3.8) is 0 Å². The molecule has 0 amide bonds. The first kappa shape index (κ1) is 24.7. The number of fused-ring (bicyclic) bond motifs is 3. The molecule has 0 nitrogen and oxygen atoms in total. The van der Waals surface area contributed by atoms with E-state index < -0.39 is 0 Å². The molecule has 0 N–H and O–H groups in total. The molecule has 2 fully saturated rings. The average molecular weight is 486 g/mol. The Morgan fingerprint density at radius 3 is 2.54 bits per heavy atom. The van der Waals surface area contributed by atoms with Crippen LogP contribution in [-0.2, 0) is 23.3 Å². The number of hydrogen-bond donors (Lipinski definition) is 0. The monoisotopic (exact) mass is 483 g/mol. The maximum Gasteiger partial charge on any atom is -1.00 e. The molecule has 4 rings (SSSR count). The summed E-state index contributed by atoms with van der Waals surface area (Å²) in [5.41, 5.74) is 3.64. The minimum absolute atomic E-state index is 0. The molecule has 4 heteroatoms. The van der Waals surface area contributed by atoms with Gasteiger partial charge in [-0.05, 0) is 36.7 Å². The first-order chi connectivity index (χ1) is 11.6. The Balaban J connectivity index is 0.000000516. The SMILES string of the molecule is CCC1=C(C2CCCC3C4C=CC=CC4[CH-]C23)CC=C1.C[Si](C)=[Zr+2].[Cl-].[Cl-]. The van der Waals surface area contributed by atoms with Crippen LogP contribution < -0.4 is 24.8 Å². The Morgan fingerprint density at radius 2 is 1.85 bits per heavy atom. The van der Waals surface area contributed by atoms with Crippen LogP contribution in [0.25, 0.3) is 0 Å². The summed E-state index contributed by atoms with van der Waals surface area (Å²) in [5.74, 6) is 4.10. The van der Waals surface area contributed by atoms with Gasteiger partial charge in [-0.2, -0.15) is 5.92 Å². The minimum Gasteiger partial charge on any atom is -1.00 e. The van der Waals surface area contributed by atoms with Crippen LogP contribution in [0, 0.1) is 36.0 Å². The van der Waals surface area contributed by atoms with Gasteiger partial charge in [0.1, 0.15) is 0 Å². The molecular formula is C22H31Cl2SiZr-. The number of allylic oxidation sites excluding steroid dienone is 8. The summed E-state index contributed by atoms with van der Waals surface area (Å²) in [6.45, 7) is 6.93. The molecule has 0 saturated heterocycles. The van der Waals surface area contributed by atoms with Crippen LogP contribution in [0.4, 0.5) is 0 Å². The summed E-state index contributed by atoms with van der Waals surface area (Å²) >= 11 is 1.74. The van der Waals surface area contributed by atoms with E-state index in [4.69, 9.17) is 0 Å². The molecule has 142 valence electrons. The third-order valence-electron chi connectivity index (χ3n) is 6.07. The Kier molecular flexibility index (Phi) is 11.0. The van der Waals surface area contributed by atoms with E-state index >= 15 is 0 Å². The van der Waals surface area contributed by atoms with Crippen LogP contribution in [-0.4, -0.2) is 5.43 Å². The van der Waals surface area contributed by atoms with Gasteiger partial charge in [-0.1, -0.05) is 61.6 Å². The van der Waals surface area contributed by atoms with Crippen LogP contribution >= 0.6 is 0 Å². The van der Waals surface area contributed by atoms with Crippen molar-refractivity contribution in [2.75, 3.05) is 0 Å². The average Bonchev–Trinajstić information content (AvgIpc) is 3.18. The molecule has 0 spiro atoms. The Bertz CT molecular complexity index is 601. The third-order valence-corrected chi connectivity index (χ3v) is 6.07.